The largest absolute Gasteiger partial charge is 0.509 e. The van der Waals surface area contributed by atoms with Crippen molar-refractivity contribution in [3.8, 4) is 23.0 Å². The molecule has 10 rings (SSSR count). The Kier molecular flexibility index (Phi) is 11.4. The molecule has 0 saturated heterocycles. The molecule has 4 heterocycles. The second-order valence-corrected chi connectivity index (χ2v) is 22.0. The Hall–Kier alpha value is -6.13. The molecule has 0 aliphatic carbocycles. The van der Waals surface area contributed by atoms with Gasteiger partial charge in [0, 0.05) is 71.8 Å². The van der Waals surface area contributed by atoms with E-state index in [4.69, 9.17) is 9.72 Å². The van der Waals surface area contributed by atoms with Gasteiger partial charge in [-0.3, -0.25) is 0 Å². The molecular formula is C60H60N5OPd-3. The molecular weight excluding hydrogens is 913 g/mol. The number of ether oxygens (including phenoxy) is 1. The molecule has 1 aliphatic heterocycles. The number of aromatic nitrogens is 3. The molecule has 0 saturated carbocycles. The zero-order valence-electron chi connectivity index (χ0n) is 40.8. The van der Waals surface area contributed by atoms with Gasteiger partial charge in [0.05, 0.1) is 11.0 Å². The van der Waals surface area contributed by atoms with Gasteiger partial charge >= 0.3 is 0 Å². The van der Waals surface area contributed by atoms with E-state index in [-0.39, 0.29) is 42.1 Å². The van der Waals surface area contributed by atoms with E-state index >= 15 is 0 Å². The zero-order valence-corrected chi connectivity index (χ0v) is 42.4. The van der Waals surface area contributed by atoms with E-state index in [0.29, 0.717) is 11.5 Å². The van der Waals surface area contributed by atoms with Gasteiger partial charge in [-0.15, -0.1) is 48.3 Å². The first-order valence-corrected chi connectivity index (χ1v) is 23.2. The molecule has 9 aromatic rings. The SMILES string of the molecule is CC(C)(C)c1cc(Oc2[c-]c3c(cc2)c2c(c4ccccc4n2-c2ccccc2)n3-c2cc(C(C)(C)C)ccn2)[c-]c(N2[CH-]N(c3cc(C(C)(C)C)cc(C(C)(C)C)c3)c3ccccc32)c1.[Pd]. The maximum atomic E-state index is 6.97. The molecule has 0 unspecified atom stereocenters. The van der Waals surface area contributed by atoms with Crippen LogP contribution in [0.4, 0.5) is 22.7 Å². The molecule has 6 aromatic carbocycles. The van der Waals surface area contributed by atoms with Crippen molar-refractivity contribution in [3.05, 3.63) is 181 Å². The maximum Gasteiger partial charge on any atom is 0.135 e. The third-order valence-corrected chi connectivity index (χ3v) is 13.0. The minimum atomic E-state index is -0.176. The van der Waals surface area contributed by atoms with E-state index in [1.807, 2.05) is 12.3 Å². The number of para-hydroxylation sites is 4. The smallest absolute Gasteiger partial charge is 0.135 e. The van der Waals surface area contributed by atoms with Crippen molar-refractivity contribution in [3.63, 3.8) is 0 Å². The van der Waals surface area contributed by atoms with Crippen molar-refractivity contribution < 1.29 is 25.2 Å². The Balaban J connectivity index is 0.00000562. The van der Waals surface area contributed by atoms with Gasteiger partial charge in [0.25, 0.3) is 0 Å². The molecule has 0 spiro atoms. The summed E-state index contributed by atoms with van der Waals surface area (Å²) >= 11 is 0. The summed E-state index contributed by atoms with van der Waals surface area (Å²) in [5, 5.41) is 2.19. The third kappa shape index (κ3) is 8.36. The molecule has 0 atom stereocenters. The van der Waals surface area contributed by atoms with Crippen LogP contribution >= 0.6 is 0 Å². The van der Waals surface area contributed by atoms with Crippen molar-refractivity contribution in [2.75, 3.05) is 9.80 Å². The van der Waals surface area contributed by atoms with Gasteiger partial charge in [-0.1, -0.05) is 149 Å². The number of pyridine rings is 1. The predicted molar refractivity (Wildman–Crippen MR) is 276 cm³/mol. The van der Waals surface area contributed by atoms with E-state index in [1.54, 1.807) is 0 Å². The monoisotopic (exact) mass is 972 g/mol. The Morgan fingerprint density at radius 2 is 1.06 bits per heavy atom. The summed E-state index contributed by atoms with van der Waals surface area (Å²) in [7, 11) is 0. The average molecular weight is 974 g/mol. The molecule has 344 valence electrons. The number of benzene rings is 6. The van der Waals surface area contributed by atoms with Crippen LogP contribution in [0.25, 0.3) is 44.3 Å². The van der Waals surface area contributed by atoms with Gasteiger partial charge in [0.15, 0.2) is 0 Å². The number of hydrogen-bond acceptors (Lipinski definition) is 4. The van der Waals surface area contributed by atoms with Crippen LogP contribution in [-0.4, -0.2) is 14.1 Å². The first-order chi connectivity index (χ1) is 31.2. The van der Waals surface area contributed by atoms with Crippen LogP contribution in [-0.2, 0) is 42.1 Å². The van der Waals surface area contributed by atoms with Crippen LogP contribution in [0.2, 0.25) is 0 Å². The molecule has 3 aromatic heterocycles. The number of fused-ring (bicyclic) bond motifs is 6. The molecule has 0 bridgehead atoms. The molecule has 0 fully saturated rings. The number of hydrogen-bond donors (Lipinski definition) is 0. The quantitative estimate of drug-likeness (QED) is 0.123. The van der Waals surface area contributed by atoms with Crippen LogP contribution < -0.4 is 14.5 Å². The van der Waals surface area contributed by atoms with E-state index < -0.39 is 0 Å². The number of rotatable bonds is 6. The molecule has 6 nitrogen and oxygen atoms in total. The van der Waals surface area contributed by atoms with Gasteiger partial charge in [-0.05, 0) is 92.9 Å². The normalized spacial score (nSPS) is 13.4. The van der Waals surface area contributed by atoms with Crippen molar-refractivity contribution >= 4 is 55.6 Å². The third-order valence-electron chi connectivity index (χ3n) is 13.0. The molecule has 1 aliphatic rings. The average Bonchev–Trinajstić information content (AvgIpc) is 3.93. The topological polar surface area (TPSA) is 38.5 Å². The summed E-state index contributed by atoms with van der Waals surface area (Å²) in [6.45, 7) is 29.4. The fourth-order valence-corrected chi connectivity index (χ4v) is 9.17. The fourth-order valence-electron chi connectivity index (χ4n) is 9.17. The van der Waals surface area contributed by atoms with E-state index in [0.717, 1.165) is 72.7 Å². The predicted octanol–water partition coefficient (Wildman–Crippen LogP) is 16.1. The summed E-state index contributed by atoms with van der Waals surface area (Å²) in [5.41, 5.74) is 14.2. The van der Waals surface area contributed by atoms with Gasteiger partial charge in [0.2, 0.25) is 0 Å². The molecule has 67 heavy (non-hydrogen) atoms. The van der Waals surface area contributed by atoms with Crippen LogP contribution in [0.15, 0.2) is 140 Å². The second-order valence-electron chi connectivity index (χ2n) is 22.0. The first-order valence-electron chi connectivity index (χ1n) is 23.2. The zero-order chi connectivity index (χ0) is 46.5. The fraction of sp³-hybridized carbons (Fsp3) is 0.267. The van der Waals surface area contributed by atoms with E-state index in [1.165, 1.54) is 16.7 Å². The summed E-state index contributed by atoms with van der Waals surface area (Å²) in [6.07, 6.45) is 1.93. The van der Waals surface area contributed by atoms with Gasteiger partial charge in [-0.25, -0.2) is 4.98 Å². The standard InChI is InChI=1S/C60H60N5O.Pd/c1-57(2,3)39-28-29-61-54(35-39)65-53-37-46(26-27-49(53)55-56(65)48-22-16-17-23-50(48)64(55)43-20-14-13-15-21-43)66-47-34-42(60(10,11)12)33-45(36-47)63-38-62(51-24-18-19-25-52(51)63)44-31-40(58(4,5)6)30-41(32-44)59(7,8)9;/h13-35,38H,1-12H3;/q-3;. The van der Waals surface area contributed by atoms with Crippen molar-refractivity contribution in [2.45, 2.75) is 105 Å². The Morgan fingerprint density at radius 1 is 0.478 bits per heavy atom. The van der Waals surface area contributed by atoms with E-state index in [2.05, 4.69) is 248 Å². The Labute approximate surface area is 410 Å². The molecule has 0 radical (unpaired) electrons. The minimum absolute atomic E-state index is 0. The van der Waals surface area contributed by atoms with Crippen LogP contribution in [0, 0.1) is 18.8 Å². The van der Waals surface area contributed by atoms with Crippen LogP contribution in [0.5, 0.6) is 11.5 Å². The van der Waals surface area contributed by atoms with Crippen molar-refractivity contribution in [1.82, 2.24) is 14.1 Å². The summed E-state index contributed by atoms with van der Waals surface area (Å²) in [6, 6.07) is 55.4. The van der Waals surface area contributed by atoms with Gasteiger partial charge < -0.3 is 23.7 Å². The summed E-state index contributed by atoms with van der Waals surface area (Å²) in [5.74, 6) is 2.06. The Morgan fingerprint density at radius 3 is 1.72 bits per heavy atom. The molecule has 7 heteroatoms. The summed E-state index contributed by atoms with van der Waals surface area (Å²) in [4.78, 5) is 9.63. The minimum Gasteiger partial charge on any atom is -0.509 e. The number of anilines is 4. The van der Waals surface area contributed by atoms with Gasteiger partial charge in [-0.2, -0.15) is 6.07 Å². The summed E-state index contributed by atoms with van der Waals surface area (Å²) < 4.78 is 11.6. The maximum absolute atomic E-state index is 6.97. The first kappa shape index (κ1) is 46.0. The molecule has 0 N–H and O–H groups in total. The molecule has 0 amide bonds. The van der Waals surface area contributed by atoms with E-state index in [9.17, 15) is 0 Å². The van der Waals surface area contributed by atoms with Gasteiger partial charge in [0.1, 0.15) is 5.82 Å². The van der Waals surface area contributed by atoms with Crippen molar-refractivity contribution in [1.29, 1.82) is 0 Å². The van der Waals surface area contributed by atoms with Crippen LogP contribution in [0.3, 0.4) is 0 Å². The Bertz CT molecular complexity index is 3280. The second kappa shape index (κ2) is 16.6. The van der Waals surface area contributed by atoms with Crippen molar-refractivity contribution in [2.24, 2.45) is 0 Å². The number of nitrogens with zero attached hydrogens (tertiary/aromatic N) is 5. The van der Waals surface area contributed by atoms with Crippen LogP contribution in [0.1, 0.15) is 105 Å².